The largest absolute Gasteiger partial charge is 0.483 e. The summed E-state index contributed by atoms with van der Waals surface area (Å²) < 4.78 is 11.1. The zero-order chi connectivity index (χ0) is 19.1. The van der Waals surface area contributed by atoms with Gasteiger partial charge in [-0.3, -0.25) is 9.78 Å². The number of hydrogen-bond donors (Lipinski definition) is 1. The average molecular weight is 375 g/mol. The second-order valence-corrected chi connectivity index (χ2v) is 5.72. The molecule has 0 saturated heterocycles. The number of nitrogens with zero attached hydrogens (tertiary/aromatic N) is 2. The third-order valence-electron chi connectivity index (χ3n) is 3.58. The summed E-state index contributed by atoms with van der Waals surface area (Å²) in [5, 5.41) is 13.8. The zero-order valence-electron chi connectivity index (χ0n) is 14.3. The van der Waals surface area contributed by atoms with E-state index < -0.39 is 5.97 Å². The molecular formula is C19H19ClN2O4. The fourth-order valence-electron chi connectivity index (χ4n) is 2.35. The number of rotatable bonds is 6. The van der Waals surface area contributed by atoms with E-state index in [1.807, 2.05) is 25.1 Å². The minimum absolute atomic E-state index is 0.0196. The smallest absolute Gasteiger partial charge is 0.303 e. The highest BCUT2D eigenvalue weighted by molar-refractivity contribution is 6.32. The molecule has 1 atom stereocenters. The van der Waals surface area contributed by atoms with Gasteiger partial charge in [0.2, 0.25) is 0 Å². The SMILES string of the molecule is C=C.C[C@@H](Oc1cc2onc(CCC(=O)O)c2cc1Cl)c1ccccn1. The summed E-state index contributed by atoms with van der Waals surface area (Å²) in [5.74, 6) is -0.426. The fraction of sp³-hybridized carbons (Fsp3) is 0.211. The van der Waals surface area contributed by atoms with Gasteiger partial charge in [0.25, 0.3) is 0 Å². The molecule has 0 unspecified atom stereocenters. The first-order valence-corrected chi connectivity index (χ1v) is 8.29. The number of aryl methyl sites for hydroxylation is 1. The maximum Gasteiger partial charge on any atom is 0.303 e. The highest BCUT2D eigenvalue weighted by Gasteiger charge is 2.16. The summed E-state index contributed by atoms with van der Waals surface area (Å²) in [6.45, 7) is 7.88. The summed E-state index contributed by atoms with van der Waals surface area (Å²) in [6.07, 6.45) is 1.68. The Morgan fingerprint density at radius 1 is 1.38 bits per heavy atom. The van der Waals surface area contributed by atoms with Crippen LogP contribution in [0.5, 0.6) is 5.75 Å². The molecule has 0 bridgehead atoms. The molecule has 3 aromatic rings. The molecule has 0 aliphatic heterocycles. The number of halogens is 1. The zero-order valence-corrected chi connectivity index (χ0v) is 15.1. The molecule has 0 saturated carbocycles. The number of fused-ring (bicyclic) bond motifs is 1. The first-order valence-electron chi connectivity index (χ1n) is 7.92. The van der Waals surface area contributed by atoms with Gasteiger partial charge in [-0.15, -0.1) is 13.2 Å². The Bertz CT molecular complexity index is 880. The summed E-state index contributed by atoms with van der Waals surface area (Å²) in [7, 11) is 0. The predicted molar refractivity (Wildman–Crippen MR) is 99.5 cm³/mol. The lowest BCUT2D eigenvalue weighted by molar-refractivity contribution is -0.136. The molecule has 0 amide bonds. The van der Waals surface area contributed by atoms with E-state index in [1.54, 1.807) is 18.3 Å². The Morgan fingerprint density at radius 2 is 2.15 bits per heavy atom. The highest BCUT2D eigenvalue weighted by atomic mass is 35.5. The van der Waals surface area contributed by atoms with E-state index in [0.29, 0.717) is 27.4 Å². The van der Waals surface area contributed by atoms with Gasteiger partial charge in [-0.25, -0.2) is 0 Å². The predicted octanol–water partition coefficient (Wildman–Crippen LogP) is 4.84. The summed E-state index contributed by atoms with van der Waals surface area (Å²) in [6, 6.07) is 8.94. The second-order valence-electron chi connectivity index (χ2n) is 5.32. The molecule has 2 aromatic heterocycles. The van der Waals surface area contributed by atoms with E-state index in [0.717, 1.165) is 5.69 Å². The Labute approximate surface area is 156 Å². The lowest BCUT2D eigenvalue weighted by atomic mass is 10.1. The van der Waals surface area contributed by atoms with Crippen molar-refractivity contribution in [2.24, 2.45) is 0 Å². The normalized spacial score (nSPS) is 11.5. The number of hydrogen-bond acceptors (Lipinski definition) is 5. The molecule has 26 heavy (non-hydrogen) atoms. The van der Waals surface area contributed by atoms with Gasteiger partial charge in [0.1, 0.15) is 11.9 Å². The highest BCUT2D eigenvalue weighted by Crippen LogP contribution is 2.34. The number of pyridine rings is 1. The maximum absolute atomic E-state index is 10.7. The van der Waals surface area contributed by atoms with Gasteiger partial charge in [0.05, 0.1) is 22.8 Å². The van der Waals surface area contributed by atoms with Crippen LogP contribution >= 0.6 is 11.6 Å². The quantitative estimate of drug-likeness (QED) is 0.621. The lowest BCUT2D eigenvalue weighted by Gasteiger charge is -2.15. The Balaban J connectivity index is 0.00000117. The van der Waals surface area contributed by atoms with Crippen molar-refractivity contribution in [2.45, 2.75) is 25.9 Å². The number of carboxylic acid groups (broad SMARTS) is 1. The van der Waals surface area contributed by atoms with Crippen LogP contribution in [0.15, 0.2) is 54.2 Å². The van der Waals surface area contributed by atoms with Crippen LogP contribution in [0.25, 0.3) is 11.0 Å². The molecular weight excluding hydrogens is 356 g/mol. The van der Waals surface area contributed by atoms with Crippen LogP contribution < -0.4 is 4.74 Å². The number of aromatic nitrogens is 2. The molecule has 3 rings (SSSR count). The number of carbonyl (C=O) groups is 1. The van der Waals surface area contributed by atoms with E-state index in [2.05, 4.69) is 23.3 Å². The van der Waals surface area contributed by atoms with E-state index in [4.69, 9.17) is 26.0 Å². The summed E-state index contributed by atoms with van der Waals surface area (Å²) in [4.78, 5) is 14.9. The molecule has 0 spiro atoms. The van der Waals surface area contributed by atoms with Crippen LogP contribution in [-0.4, -0.2) is 21.2 Å². The molecule has 6 nitrogen and oxygen atoms in total. The Morgan fingerprint density at radius 3 is 2.81 bits per heavy atom. The van der Waals surface area contributed by atoms with Crippen LogP contribution in [-0.2, 0) is 11.2 Å². The van der Waals surface area contributed by atoms with Crippen molar-refractivity contribution in [2.75, 3.05) is 0 Å². The molecule has 0 aliphatic rings. The third-order valence-corrected chi connectivity index (χ3v) is 3.88. The van der Waals surface area contributed by atoms with Crippen molar-refractivity contribution in [3.8, 4) is 5.75 Å². The lowest BCUT2D eigenvalue weighted by Crippen LogP contribution is -2.05. The first kappa shape index (κ1) is 19.5. The molecule has 7 heteroatoms. The number of carboxylic acids is 1. The average Bonchev–Trinajstić information content (AvgIpc) is 3.04. The molecule has 1 aromatic carbocycles. The molecule has 2 heterocycles. The van der Waals surface area contributed by atoms with Crippen molar-refractivity contribution in [1.29, 1.82) is 0 Å². The first-order chi connectivity index (χ1) is 12.5. The number of aliphatic carboxylic acids is 1. The standard InChI is InChI=1S/C17H15ClN2O4.C2H4/c1-10(13-4-2-3-7-19-13)23-16-9-15-11(8-12(16)18)14(20-24-15)5-6-17(21)22;1-2/h2-4,7-10H,5-6H2,1H3,(H,21,22);1-2H2/t10-;/m1./s1. The van der Waals surface area contributed by atoms with Gasteiger partial charge >= 0.3 is 5.97 Å². The van der Waals surface area contributed by atoms with E-state index >= 15 is 0 Å². The minimum Gasteiger partial charge on any atom is -0.483 e. The summed E-state index contributed by atoms with van der Waals surface area (Å²) in [5.41, 5.74) is 1.86. The van der Waals surface area contributed by atoms with Gasteiger partial charge in [-0.1, -0.05) is 22.8 Å². The third kappa shape index (κ3) is 4.61. The van der Waals surface area contributed by atoms with Crippen molar-refractivity contribution >= 4 is 28.5 Å². The van der Waals surface area contributed by atoms with Gasteiger partial charge in [0, 0.05) is 24.1 Å². The molecule has 0 radical (unpaired) electrons. The van der Waals surface area contributed by atoms with Crippen LogP contribution in [0.3, 0.4) is 0 Å². The molecule has 136 valence electrons. The summed E-state index contributed by atoms with van der Waals surface area (Å²) >= 11 is 6.30. The van der Waals surface area contributed by atoms with Crippen LogP contribution in [0, 0.1) is 0 Å². The van der Waals surface area contributed by atoms with E-state index in [-0.39, 0.29) is 18.9 Å². The van der Waals surface area contributed by atoms with Gasteiger partial charge < -0.3 is 14.4 Å². The van der Waals surface area contributed by atoms with E-state index in [9.17, 15) is 4.79 Å². The second kappa shape index (κ2) is 9.01. The monoisotopic (exact) mass is 374 g/mol. The molecule has 0 aliphatic carbocycles. The number of ether oxygens (including phenoxy) is 1. The Kier molecular flexibility index (Phi) is 6.74. The van der Waals surface area contributed by atoms with Crippen LogP contribution in [0.2, 0.25) is 5.02 Å². The molecule has 1 N–H and O–H groups in total. The topological polar surface area (TPSA) is 85.5 Å². The van der Waals surface area contributed by atoms with Gasteiger partial charge in [-0.2, -0.15) is 0 Å². The van der Waals surface area contributed by atoms with Crippen molar-refractivity contribution < 1.29 is 19.2 Å². The maximum atomic E-state index is 10.7. The van der Waals surface area contributed by atoms with Crippen molar-refractivity contribution in [3.05, 3.63) is 66.1 Å². The molecule has 0 fully saturated rings. The van der Waals surface area contributed by atoms with Crippen LogP contribution in [0.4, 0.5) is 0 Å². The van der Waals surface area contributed by atoms with Crippen LogP contribution in [0.1, 0.15) is 30.8 Å². The number of benzene rings is 1. The van der Waals surface area contributed by atoms with Crippen molar-refractivity contribution in [3.63, 3.8) is 0 Å². The Hall–Kier alpha value is -2.86. The van der Waals surface area contributed by atoms with Gasteiger partial charge in [0.15, 0.2) is 5.58 Å². The van der Waals surface area contributed by atoms with Gasteiger partial charge in [-0.05, 0) is 25.1 Å². The minimum atomic E-state index is -0.888. The van der Waals surface area contributed by atoms with Crippen molar-refractivity contribution in [1.82, 2.24) is 10.1 Å². The fourth-order valence-corrected chi connectivity index (χ4v) is 2.56. The van der Waals surface area contributed by atoms with E-state index in [1.165, 1.54) is 0 Å².